The van der Waals surface area contributed by atoms with Crippen LogP contribution >= 0.6 is 0 Å². The van der Waals surface area contributed by atoms with Gasteiger partial charge < -0.3 is 10.1 Å². The quantitative estimate of drug-likeness (QED) is 0.917. The van der Waals surface area contributed by atoms with Crippen LogP contribution < -0.4 is 15.0 Å². The summed E-state index contributed by atoms with van der Waals surface area (Å²) in [5.41, 5.74) is 4.13. The molecule has 0 aliphatic carbocycles. The van der Waals surface area contributed by atoms with E-state index in [0.29, 0.717) is 11.3 Å². The molecule has 0 radical (unpaired) electrons. The minimum atomic E-state index is -0.398. The number of aryl methyl sites for hydroxylation is 3. The molecule has 0 unspecified atom stereocenters. The van der Waals surface area contributed by atoms with Crippen LogP contribution in [0.1, 0.15) is 22.3 Å². The first-order chi connectivity index (χ1) is 11.3. The summed E-state index contributed by atoms with van der Waals surface area (Å²) in [4.78, 5) is 13.2. The molecule has 0 aliphatic rings. The minimum Gasteiger partial charge on any atom is -0.488 e. The number of rotatable bonds is 4. The molecule has 0 atom stereocenters. The molecule has 0 aliphatic heterocycles. The first-order valence-electron chi connectivity index (χ1n) is 7.78. The van der Waals surface area contributed by atoms with Crippen molar-refractivity contribution in [1.29, 1.82) is 0 Å². The van der Waals surface area contributed by atoms with Crippen molar-refractivity contribution in [3.05, 3.63) is 58.4 Å². The van der Waals surface area contributed by atoms with Gasteiger partial charge in [0, 0.05) is 19.7 Å². The van der Waals surface area contributed by atoms with E-state index in [1.54, 1.807) is 19.2 Å². The van der Waals surface area contributed by atoms with Gasteiger partial charge in [0.15, 0.2) is 0 Å². The van der Waals surface area contributed by atoms with Gasteiger partial charge in [-0.05, 0) is 55.7 Å². The van der Waals surface area contributed by atoms with Crippen molar-refractivity contribution in [3.8, 4) is 5.75 Å². The van der Waals surface area contributed by atoms with Crippen molar-refractivity contribution < 1.29 is 13.9 Å². The summed E-state index contributed by atoms with van der Waals surface area (Å²) < 4.78 is 20.1. The summed E-state index contributed by atoms with van der Waals surface area (Å²) in [6, 6.07) is 8.33. The zero-order valence-corrected chi connectivity index (χ0v) is 14.7. The number of carbonyl (C=O) groups excluding carboxylic acids is 1. The molecule has 5 heteroatoms. The molecule has 4 nitrogen and oxygen atoms in total. The molecule has 0 fully saturated rings. The number of carbonyl (C=O) groups is 1. The van der Waals surface area contributed by atoms with Crippen molar-refractivity contribution in [1.82, 2.24) is 5.32 Å². The lowest BCUT2D eigenvalue weighted by molar-refractivity contribution is 0.249. The van der Waals surface area contributed by atoms with Gasteiger partial charge in [-0.2, -0.15) is 0 Å². The Morgan fingerprint density at radius 1 is 1.17 bits per heavy atom. The fourth-order valence-electron chi connectivity index (χ4n) is 2.52. The first kappa shape index (κ1) is 17.8. The minimum absolute atomic E-state index is 0.0483. The van der Waals surface area contributed by atoms with E-state index < -0.39 is 5.82 Å². The maximum atomic E-state index is 14.3. The van der Waals surface area contributed by atoms with Gasteiger partial charge in [0.1, 0.15) is 18.2 Å². The number of halogens is 1. The average molecular weight is 330 g/mol. The van der Waals surface area contributed by atoms with Crippen LogP contribution in [0, 0.1) is 26.6 Å². The van der Waals surface area contributed by atoms with E-state index in [1.807, 2.05) is 32.9 Å². The molecule has 0 saturated heterocycles. The van der Waals surface area contributed by atoms with E-state index in [-0.39, 0.29) is 12.6 Å². The lowest BCUT2D eigenvalue weighted by Crippen LogP contribution is -2.35. The van der Waals surface area contributed by atoms with Crippen LogP contribution in [0.25, 0.3) is 0 Å². The zero-order valence-electron chi connectivity index (χ0n) is 14.7. The topological polar surface area (TPSA) is 41.6 Å². The van der Waals surface area contributed by atoms with Crippen molar-refractivity contribution in [2.24, 2.45) is 0 Å². The summed E-state index contributed by atoms with van der Waals surface area (Å²) in [5, 5.41) is 2.53. The maximum Gasteiger partial charge on any atom is 0.321 e. The molecule has 128 valence electrons. The largest absolute Gasteiger partial charge is 0.488 e. The van der Waals surface area contributed by atoms with Gasteiger partial charge in [0.25, 0.3) is 0 Å². The molecule has 2 rings (SSSR count). The molecule has 0 bridgehead atoms. The van der Waals surface area contributed by atoms with Crippen LogP contribution in [0.2, 0.25) is 0 Å². The fourth-order valence-corrected chi connectivity index (χ4v) is 2.52. The predicted molar refractivity (Wildman–Crippen MR) is 94.2 cm³/mol. The molecule has 0 heterocycles. The van der Waals surface area contributed by atoms with Crippen LogP contribution in [0.4, 0.5) is 14.9 Å². The van der Waals surface area contributed by atoms with Gasteiger partial charge >= 0.3 is 6.03 Å². The monoisotopic (exact) mass is 330 g/mol. The van der Waals surface area contributed by atoms with Gasteiger partial charge in [-0.3, -0.25) is 4.90 Å². The Bertz CT molecular complexity index is 759. The third kappa shape index (κ3) is 3.67. The average Bonchev–Trinajstić information content (AvgIpc) is 2.56. The fraction of sp³-hybridized carbons (Fsp3) is 0.316. The summed E-state index contributed by atoms with van der Waals surface area (Å²) in [6.07, 6.45) is 0. The molecule has 2 amide bonds. The second-order valence-electron chi connectivity index (χ2n) is 5.84. The van der Waals surface area contributed by atoms with Gasteiger partial charge in [0.05, 0.1) is 5.69 Å². The zero-order chi connectivity index (χ0) is 17.9. The van der Waals surface area contributed by atoms with E-state index in [1.165, 1.54) is 23.6 Å². The van der Waals surface area contributed by atoms with Crippen LogP contribution in [0.15, 0.2) is 30.3 Å². The van der Waals surface area contributed by atoms with Gasteiger partial charge in [-0.25, -0.2) is 9.18 Å². The van der Waals surface area contributed by atoms with E-state index in [0.717, 1.165) is 16.9 Å². The number of hydrogen-bond acceptors (Lipinski definition) is 2. The van der Waals surface area contributed by atoms with Crippen molar-refractivity contribution in [2.75, 3.05) is 19.0 Å². The number of anilines is 1. The Morgan fingerprint density at radius 3 is 2.50 bits per heavy atom. The second kappa shape index (κ2) is 7.34. The summed E-state index contributed by atoms with van der Waals surface area (Å²) >= 11 is 0. The van der Waals surface area contributed by atoms with Crippen molar-refractivity contribution >= 4 is 11.7 Å². The highest BCUT2D eigenvalue weighted by molar-refractivity contribution is 5.92. The Morgan fingerprint density at radius 2 is 1.83 bits per heavy atom. The lowest BCUT2D eigenvalue weighted by Gasteiger charge is -2.21. The summed E-state index contributed by atoms with van der Waals surface area (Å²) in [5.74, 6) is 0.319. The van der Waals surface area contributed by atoms with Crippen molar-refractivity contribution in [3.63, 3.8) is 0 Å². The molecule has 1 N–H and O–H groups in total. The number of urea groups is 1. The Labute approximate surface area is 142 Å². The van der Waals surface area contributed by atoms with Gasteiger partial charge in [-0.1, -0.05) is 12.1 Å². The molecule has 0 spiro atoms. The number of ether oxygens (including phenoxy) is 1. The Balaban J connectivity index is 2.30. The number of benzene rings is 2. The molecular weight excluding hydrogens is 307 g/mol. The Kier molecular flexibility index (Phi) is 5.44. The third-order valence-corrected chi connectivity index (χ3v) is 4.14. The smallest absolute Gasteiger partial charge is 0.321 e. The molecule has 0 saturated carbocycles. The molecule has 2 aromatic rings. The highest BCUT2D eigenvalue weighted by atomic mass is 19.1. The summed E-state index contributed by atoms with van der Waals surface area (Å²) in [7, 11) is 3.13. The standard InChI is InChI=1S/C19H23FN2O2/c1-12-9-14(3)18(10-13(12)2)24-11-15-16(20)7-6-8-17(15)22(5)19(23)21-4/h6-10H,11H2,1-5H3,(H,21,23). The number of hydrogen-bond donors (Lipinski definition) is 1. The predicted octanol–water partition coefficient (Wildman–Crippen LogP) is 4.11. The van der Waals surface area contributed by atoms with Crippen LogP contribution in [0.5, 0.6) is 5.75 Å². The maximum absolute atomic E-state index is 14.3. The number of nitrogens with zero attached hydrogens (tertiary/aromatic N) is 1. The Hall–Kier alpha value is -2.56. The third-order valence-electron chi connectivity index (χ3n) is 4.14. The highest BCUT2D eigenvalue weighted by Gasteiger charge is 2.17. The van der Waals surface area contributed by atoms with Gasteiger partial charge in [0.2, 0.25) is 0 Å². The molecular formula is C19H23FN2O2. The van der Waals surface area contributed by atoms with E-state index in [2.05, 4.69) is 5.32 Å². The SMILES string of the molecule is CNC(=O)N(C)c1cccc(F)c1COc1cc(C)c(C)cc1C. The highest BCUT2D eigenvalue weighted by Crippen LogP contribution is 2.27. The number of amides is 2. The van der Waals surface area contributed by atoms with Crippen LogP contribution in [-0.2, 0) is 6.61 Å². The van der Waals surface area contributed by atoms with E-state index in [4.69, 9.17) is 4.74 Å². The normalized spacial score (nSPS) is 10.4. The lowest BCUT2D eigenvalue weighted by atomic mass is 10.1. The summed E-state index contributed by atoms with van der Waals surface area (Å²) in [6.45, 7) is 6.06. The molecule has 0 aromatic heterocycles. The second-order valence-corrected chi connectivity index (χ2v) is 5.84. The molecule has 2 aromatic carbocycles. The van der Waals surface area contributed by atoms with E-state index in [9.17, 15) is 9.18 Å². The van der Waals surface area contributed by atoms with Crippen LogP contribution in [-0.4, -0.2) is 20.1 Å². The first-order valence-corrected chi connectivity index (χ1v) is 7.78. The molecule has 24 heavy (non-hydrogen) atoms. The van der Waals surface area contributed by atoms with E-state index >= 15 is 0 Å². The van der Waals surface area contributed by atoms with Crippen molar-refractivity contribution in [2.45, 2.75) is 27.4 Å². The van der Waals surface area contributed by atoms with Crippen LogP contribution in [0.3, 0.4) is 0 Å². The van der Waals surface area contributed by atoms with Gasteiger partial charge in [-0.15, -0.1) is 0 Å². The number of nitrogens with one attached hydrogen (secondary N) is 1.